The molecule has 2 heterocycles. The van der Waals surface area contributed by atoms with Crippen LogP contribution in [0.25, 0.3) is 10.9 Å². The molecule has 1 aliphatic heterocycles. The maximum Gasteiger partial charge on any atom is 0.335 e. The van der Waals surface area contributed by atoms with Crippen molar-refractivity contribution >= 4 is 28.6 Å². The molecule has 0 saturated heterocycles. The van der Waals surface area contributed by atoms with E-state index in [9.17, 15) is 14.4 Å². The highest BCUT2D eigenvalue weighted by atomic mass is 16.5. The number of Topliss-reactive ketones (excluding diaryl/α,β-unsaturated/α-hetero) is 1. The molecule has 3 rings (SSSR count). The summed E-state index contributed by atoms with van der Waals surface area (Å²) >= 11 is 0. The van der Waals surface area contributed by atoms with E-state index in [4.69, 9.17) is 9.47 Å². The molecule has 1 aromatic heterocycles. The Kier molecular flexibility index (Phi) is 6.59. The average molecular weight is 412 g/mol. The molecule has 7 nitrogen and oxygen atoms in total. The van der Waals surface area contributed by atoms with E-state index in [1.54, 1.807) is 6.20 Å². The van der Waals surface area contributed by atoms with E-state index in [0.717, 1.165) is 10.9 Å². The maximum atomic E-state index is 13.3. The number of aryl methyl sites for hydroxylation is 1. The fourth-order valence-electron chi connectivity index (χ4n) is 4.29. The topological polar surface area (TPSA) is 77.8 Å². The van der Waals surface area contributed by atoms with Gasteiger partial charge in [0.1, 0.15) is 0 Å². The van der Waals surface area contributed by atoms with Crippen molar-refractivity contribution in [2.24, 2.45) is 18.9 Å². The summed E-state index contributed by atoms with van der Waals surface area (Å²) in [6.45, 7) is 0.643. The van der Waals surface area contributed by atoms with Crippen molar-refractivity contribution in [3.63, 3.8) is 0 Å². The number of esters is 2. The van der Waals surface area contributed by atoms with Gasteiger partial charge in [0.2, 0.25) is 0 Å². The fraction of sp³-hybridized carbons (Fsp3) is 0.435. The number of aromatic nitrogens is 1. The highest BCUT2D eigenvalue weighted by molar-refractivity contribution is 6.01. The maximum absolute atomic E-state index is 13.3. The number of hydrogen-bond donors (Lipinski definition) is 0. The van der Waals surface area contributed by atoms with Crippen LogP contribution in [0.1, 0.15) is 29.8 Å². The van der Waals surface area contributed by atoms with E-state index in [2.05, 4.69) is 0 Å². The first-order chi connectivity index (χ1) is 14.3. The number of rotatable bonds is 7. The minimum atomic E-state index is -0.445. The molecule has 1 aromatic carbocycles. The van der Waals surface area contributed by atoms with Crippen molar-refractivity contribution < 1.29 is 23.9 Å². The molecule has 2 atom stereocenters. The summed E-state index contributed by atoms with van der Waals surface area (Å²) in [6, 6.07) is 9.71. The second-order valence-electron chi connectivity index (χ2n) is 7.77. The summed E-state index contributed by atoms with van der Waals surface area (Å²) in [5, 5.41) is 0.998. The molecular weight excluding hydrogens is 384 g/mol. The van der Waals surface area contributed by atoms with Crippen molar-refractivity contribution in [2.45, 2.75) is 19.3 Å². The van der Waals surface area contributed by atoms with Gasteiger partial charge >= 0.3 is 11.9 Å². The first-order valence-electron chi connectivity index (χ1n) is 10.0. The predicted molar refractivity (Wildman–Crippen MR) is 113 cm³/mol. The Bertz CT molecular complexity index is 991. The van der Waals surface area contributed by atoms with E-state index < -0.39 is 5.97 Å². The average Bonchev–Trinajstić information content (AvgIpc) is 3.09. The monoisotopic (exact) mass is 412 g/mol. The lowest BCUT2D eigenvalue weighted by atomic mass is 9.77. The molecule has 1 aliphatic rings. The molecule has 0 radical (unpaired) electrons. The number of ether oxygens (including phenoxy) is 2. The number of hydrogen-bond acceptors (Lipinski definition) is 6. The quantitative estimate of drug-likeness (QED) is 0.514. The molecule has 0 amide bonds. The lowest BCUT2D eigenvalue weighted by Gasteiger charge is -2.36. The number of fused-ring (bicyclic) bond motifs is 1. The van der Waals surface area contributed by atoms with Gasteiger partial charge in [0.05, 0.1) is 25.5 Å². The van der Waals surface area contributed by atoms with Gasteiger partial charge < -0.3 is 18.9 Å². The minimum absolute atomic E-state index is 0.0406. The smallest absolute Gasteiger partial charge is 0.335 e. The number of carbonyl (C=O) groups excluding carboxylic acids is 3. The van der Waals surface area contributed by atoms with Crippen LogP contribution in [0, 0.1) is 11.8 Å². The Labute approximate surface area is 176 Å². The molecule has 0 bridgehead atoms. The summed E-state index contributed by atoms with van der Waals surface area (Å²) in [6.07, 6.45) is 2.69. The summed E-state index contributed by atoms with van der Waals surface area (Å²) in [5.41, 5.74) is 2.05. The molecule has 0 N–H and O–H groups in total. The zero-order valence-corrected chi connectivity index (χ0v) is 17.9. The fourth-order valence-corrected chi connectivity index (χ4v) is 4.29. The Morgan fingerprint density at radius 1 is 1.10 bits per heavy atom. The third-order valence-electron chi connectivity index (χ3n) is 5.86. The molecule has 0 aliphatic carbocycles. The van der Waals surface area contributed by atoms with Crippen LogP contribution in [0.4, 0.5) is 0 Å². The van der Waals surface area contributed by atoms with Crippen molar-refractivity contribution in [1.82, 2.24) is 9.47 Å². The van der Waals surface area contributed by atoms with E-state index in [0.29, 0.717) is 24.2 Å². The van der Waals surface area contributed by atoms with Crippen LogP contribution in [0.3, 0.4) is 0 Å². The minimum Gasteiger partial charge on any atom is -0.469 e. The van der Waals surface area contributed by atoms with Gasteiger partial charge in [-0.3, -0.25) is 9.59 Å². The van der Waals surface area contributed by atoms with Gasteiger partial charge in [-0.05, 0) is 24.5 Å². The van der Waals surface area contributed by atoms with Gasteiger partial charge in [0.15, 0.2) is 5.78 Å². The number of para-hydroxylation sites is 1. The molecular formula is C23H28N2O5. The van der Waals surface area contributed by atoms with E-state index in [1.807, 2.05) is 53.9 Å². The van der Waals surface area contributed by atoms with Crippen molar-refractivity contribution in [3.05, 3.63) is 47.8 Å². The normalized spacial score (nSPS) is 18.8. The summed E-state index contributed by atoms with van der Waals surface area (Å²) in [7, 11) is 6.44. The van der Waals surface area contributed by atoms with E-state index >= 15 is 0 Å². The molecule has 0 spiro atoms. The van der Waals surface area contributed by atoms with Gasteiger partial charge in [0.25, 0.3) is 0 Å². The molecule has 160 valence electrons. The Balaban J connectivity index is 1.90. The predicted octanol–water partition coefficient (Wildman–Crippen LogP) is 2.94. The van der Waals surface area contributed by atoms with Gasteiger partial charge in [-0.1, -0.05) is 18.2 Å². The Morgan fingerprint density at radius 3 is 2.50 bits per heavy atom. The molecule has 30 heavy (non-hydrogen) atoms. The third kappa shape index (κ3) is 4.40. The van der Waals surface area contributed by atoms with E-state index in [1.165, 1.54) is 14.2 Å². The molecule has 0 saturated carbocycles. The highest BCUT2D eigenvalue weighted by Gasteiger charge is 2.36. The number of nitrogens with zero attached hydrogens (tertiary/aromatic N) is 2. The highest BCUT2D eigenvalue weighted by Crippen LogP contribution is 2.35. The van der Waals surface area contributed by atoms with Crippen LogP contribution in [0.5, 0.6) is 0 Å². The second kappa shape index (κ2) is 9.15. The summed E-state index contributed by atoms with van der Waals surface area (Å²) < 4.78 is 11.6. The van der Waals surface area contributed by atoms with Crippen LogP contribution in [-0.2, 0) is 26.1 Å². The van der Waals surface area contributed by atoms with Crippen LogP contribution in [0.15, 0.2) is 42.1 Å². The number of benzene rings is 1. The number of ketones is 1. The van der Waals surface area contributed by atoms with Crippen molar-refractivity contribution in [1.29, 1.82) is 0 Å². The van der Waals surface area contributed by atoms with Crippen LogP contribution >= 0.6 is 0 Å². The Morgan fingerprint density at radius 2 is 1.83 bits per heavy atom. The lowest BCUT2D eigenvalue weighted by Crippen LogP contribution is -2.38. The number of carbonyl (C=O) groups is 3. The molecule has 2 aromatic rings. The first-order valence-corrected chi connectivity index (χ1v) is 10.0. The van der Waals surface area contributed by atoms with Gasteiger partial charge in [-0.2, -0.15) is 0 Å². The van der Waals surface area contributed by atoms with Crippen LogP contribution < -0.4 is 0 Å². The summed E-state index contributed by atoms with van der Waals surface area (Å²) in [4.78, 5) is 39.3. The SMILES string of the molecule is COC(=O)CC[C@@H]1CN(C)C=C(C(=O)OC)[C@H]1CC(=O)c1cc2ccccc2n1C. The zero-order valence-electron chi connectivity index (χ0n) is 17.9. The van der Waals surface area contributed by atoms with Crippen LogP contribution in [-0.4, -0.2) is 55.0 Å². The summed E-state index contributed by atoms with van der Waals surface area (Å²) in [5.74, 6) is -1.16. The zero-order chi connectivity index (χ0) is 21.8. The Hall–Kier alpha value is -3.09. The first kappa shape index (κ1) is 21.6. The lowest BCUT2D eigenvalue weighted by molar-refractivity contribution is -0.141. The standard InChI is InChI=1S/C23H28N2O5/c1-24-13-16(9-10-22(27)29-3)17(18(14-24)23(28)30-4)12-21(26)20-11-15-7-5-6-8-19(15)25(20)2/h5-8,11,14,16-17H,9-10,12-13H2,1-4H3/t16-,17+/m1/s1. The van der Waals surface area contributed by atoms with Gasteiger partial charge in [0, 0.05) is 56.5 Å². The largest absolute Gasteiger partial charge is 0.469 e. The van der Waals surface area contributed by atoms with Gasteiger partial charge in [-0.15, -0.1) is 0 Å². The van der Waals surface area contributed by atoms with Crippen molar-refractivity contribution in [3.8, 4) is 0 Å². The number of methoxy groups -OCH3 is 2. The second-order valence-corrected chi connectivity index (χ2v) is 7.77. The molecule has 0 fully saturated rings. The molecule has 0 unspecified atom stereocenters. The van der Waals surface area contributed by atoms with E-state index in [-0.39, 0.29) is 36.4 Å². The van der Waals surface area contributed by atoms with Crippen LogP contribution in [0.2, 0.25) is 0 Å². The third-order valence-corrected chi connectivity index (χ3v) is 5.86. The van der Waals surface area contributed by atoms with Gasteiger partial charge in [-0.25, -0.2) is 4.79 Å². The van der Waals surface area contributed by atoms with Crippen molar-refractivity contribution in [2.75, 3.05) is 27.8 Å². The molecule has 7 heteroatoms.